The SMILES string of the molecule is CCC(C(=O)Nc1cc(NC2C=NC2)ccc1C)n1cccc2nc(SCc3cc(C)c(C)c(C)c3)nc1-2. The van der Waals surface area contributed by atoms with Crippen LogP contribution in [-0.4, -0.2) is 39.2 Å². The number of imidazole rings is 1. The summed E-state index contributed by atoms with van der Waals surface area (Å²) in [6, 6.07) is 14.2. The average Bonchev–Trinajstić information content (AvgIpc) is 3.29. The average molecular weight is 527 g/mol. The number of thioether (sulfide) groups is 1. The molecule has 0 saturated carbocycles. The Balaban J connectivity index is 1.34. The number of benzene rings is 2. The van der Waals surface area contributed by atoms with Crippen LogP contribution >= 0.6 is 11.8 Å². The Morgan fingerprint density at radius 3 is 2.53 bits per heavy atom. The van der Waals surface area contributed by atoms with E-state index in [1.54, 1.807) is 11.8 Å². The van der Waals surface area contributed by atoms with Crippen LogP contribution in [0.4, 0.5) is 11.4 Å². The Labute approximate surface area is 228 Å². The first-order chi connectivity index (χ1) is 18.3. The molecule has 2 atom stereocenters. The van der Waals surface area contributed by atoms with E-state index < -0.39 is 6.04 Å². The summed E-state index contributed by atoms with van der Waals surface area (Å²) < 4.78 is 1.95. The molecule has 5 rings (SSSR count). The monoisotopic (exact) mass is 526 g/mol. The van der Waals surface area contributed by atoms with Crippen molar-refractivity contribution in [1.82, 2.24) is 14.5 Å². The lowest BCUT2D eigenvalue weighted by Crippen LogP contribution is -2.31. The van der Waals surface area contributed by atoms with Gasteiger partial charge in [0.15, 0.2) is 11.0 Å². The second-order valence-electron chi connectivity index (χ2n) is 9.98. The number of hydrogen-bond donors (Lipinski definition) is 2. The minimum Gasteiger partial charge on any atom is -0.375 e. The van der Waals surface area contributed by atoms with Gasteiger partial charge in [-0.2, -0.15) is 0 Å². The number of nitrogens with one attached hydrogen (secondary N) is 2. The van der Waals surface area contributed by atoms with E-state index in [4.69, 9.17) is 9.97 Å². The number of pyridine rings is 1. The smallest absolute Gasteiger partial charge is 0.247 e. The van der Waals surface area contributed by atoms with E-state index in [0.29, 0.717) is 6.42 Å². The van der Waals surface area contributed by atoms with E-state index in [-0.39, 0.29) is 11.9 Å². The maximum atomic E-state index is 13.5. The zero-order valence-corrected chi connectivity index (χ0v) is 23.4. The van der Waals surface area contributed by atoms with Gasteiger partial charge < -0.3 is 15.2 Å². The molecule has 0 fully saturated rings. The first kappa shape index (κ1) is 26.0. The van der Waals surface area contributed by atoms with Crippen molar-refractivity contribution in [1.29, 1.82) is 0 Å². The van der Waals surface area contributed by atoms with Crippen LogP contribution in [0.15, 0.2) is 58.8 Å². The van der Waals surface area contributed by atoms with E-state index in [9.17, 15) is 4.79 Å². The number of rotatable bonds is 9. The van der Waals surface area contributed by atoms with Gasteiger partial charge in [-0.15, -0.1) is 0 Å². The predicted molar refractivity (Wildman–Crippen MR) is 157 cm³/mol. The minimum atomic E-state index is -0.412. The molecule has 3 aliphatic rings. The van der Waals surface area contributed by atoms with Gasteiger partial charge >= 0.3 is 0 Å². The Kier molecular flexibility index (Phi) is 7.51. The summed E-state index contributed by atoms with van der Waals surface area (Å²) in [5.74, 6) is 1.45. The van der Waals surface area contributed by atoms with Crippen molar-refractivity contribution in [2.45, 2.75) is 64.0 Å². The van der Waals surface area contributed by atoms with Gasteiger partial charge in [-0.3, -0.25) is 9.79 Å². The summed E-state index contributed by atoms with van der Waals surface area (Å²) in [7, 11) is 0. The summed E-state index contributed by atoms with van der Waals surface area (Å²) in [5.41, 5.74) is 8.78. The third-order valence-electron chi connectivity index (χ3n) is 7.21. The molecule has 3 aliphatic heterocycles. The van der Waals surface area contributed by atoms with E-state index in [1.165, 1.54) is 22.3 Å². The normalized spacial score (nSPS) is 15.3. The lowest BCUT2D eigenvalue weighted by Gasteiger charge is -2.23. The zero-order valence-electron chi connectivity index (χ0n) is 22.6. The van der Waals surface area contributed by atoms with Crippen molar-refractivity contribution in [3.63, 3.8) is 0 Å². The van der Waals surface area contributed by atoms with E-state index in [0.717, 1.165) is 45.9 Å². The van der Waals surface area contributed by atoms with Crippen LogP contribution < -0.4 is 10.6 Å². The van der Waals surface area contributed by atoms with Crippen molar-refractivity contribution in [3.8, 4) is 11.5 Å². The van der Waals surface area contributed by atoms with Crippen LogP contribution in [0.25, 0.3) is 11.5 Å². The number of aryl methyl sites for hydroxylation is 3. The minimum absolute atomic E-state index is 0.0711. The standard InChI is InChI=1S/C30H34N6OS/c1-6-27(29(37)33-26-14-23(10-9-18(26)2)32-24-15-31-16-24)36-11-7-8-25-28(36)35-30(34-25)38-17-22-12-19(3)21(5)20(4)13-22/h7-15,24,27,32H,6,16-17H2,1-5H3,(H,33,37). The molecule has 2 N–H and O–H groups in total. The van der Waals surface area contributed by atoms with E-state index in [2.05, 4.69) is 48.5 Å². The Bertz CT molecular complexity index is 1450. The number of hydrogen-bond acceptors (Lipinski definition) is 6. The molecule has 0 aliphatic carbocycles. The molecule has 196 valence electrons. The van der Waals surface area contributed by atoms with Crippen LogP contribution in [0.1, 0.15) is 47.2 Å². The summed E-state index contributed by atoms with van der Waals surface area (Å²) in [4.78, 5) is 27.3. The zero-order chi connectivity index (χ0) is 26.8. The molecule has 8 heteroatoms. The molecule has 3 heterocycles. The summed E-state index contributed by atoms with van der Waals surface area (Å²) in [6.45, 7) is 11.3. The number of amides is 1. The Hall–Kier alpha value is -3.65. The molecule has 0 aromatic heterocycles. The van der Waals surface area contributed by atoms with Gasteiger partial charge in [0.1, 0.15) is 11.7 Å². The fraction of sp³-hybridized carbons (Fsp3) is 0.333. The first-order valence-electron chi connectivity index (χ1n) is 13.0. The highest BCUT2D eigenvalue weighted by Crippen LogP contribution is 2.31. The third-order valence-corrected chi connectivity index (χ3v) is 8.13. The maximum absolute atomic E-state index is 13.5. The van der Waals surface area contributed by atoms with Gasteiger partial charge in [-0.25, -0.2) is 9.97 Å². The highest BCUT2D eigenvalue weighted by atomic mass is 32.2. The number of anilines is 2. The number of nitrogens with zero attached hydrogens (tertiary/aromatic N) is 4. The molecular formula is C30H34N6OS. The molecule has 2 aromatic rings. The number of aliphatic imine (C=N–C) groups is 1. The van der Waals surface area contributed by atoms with Gasteiger partial charge in [-0.1, -0.05) is 36.9 Å². The summed E-state index contributed by atoms with van der Waals surface area (Å²) in [6.07, 6.45) is 4.45. The molecule has 0 bridgehead atoms. The van der Waals surface area contributed by atoms with Gasteiger partial charge in [0.2, 0.25) is 5.91 Å². The van der Waals surface area contributed by atoms with Gasteiger partial charge in [0, 0.05) is 29.5 Å². The van der Waals surface area contributed by atoms with Crippen molar-refractivity contribution >= 4 is 35.3 Å². The van der Waals surface area contributed by atoms with E-state index in [1.807, 2.05) is 61.2 Å². The number of fused-ring (bicyclic) bond motifs is 1. The van der Waals surface area contributed by atoms with Crippen molar-refractivity contribution in [2.24, 2.45) is 4.99 Å². The van der Waals surface area contributed by atoms with E-state index >= 15 is 0 Å². The van der Waals surface area contributed by atoms with Gasteiger partial charge in [0.05, 0.1) is 12.6 Å². The number of carbonyl (C=O) groups is 1. The van der Waals surface area contributed by atoms with Gasteiger partial charge in [0.25, 0.3) is 0 Å². The van der Waals surface area contributed by atoms with Crippen LogP contribution in [0.3, 0.4) is 0 Å². The molecule has 2 unspecified atom stereocenters. The topological polar surface area (TPSA) is 84.2 Å². The van der Waals surface area contributed by atoms with Crippen LogP contribution in [0.5, 0.6) is 0 Å². The molecule has 0 saturated heterocycles. The Morgan fingerprint density at radius 1 is 1.08 bits per heavy atom. The first-order valence-corrected chi connectivity index (χ1v) is 14.0. The fourth-order valence-electron chi connectivity index (χ4n) is 4.68. The molecule has 0 radical (unpaired) electrons. The van der Waals surface area contributed by atoms with Crippen molar-refractivity contribution in [2.75, 3.05) is 17.2 Å². The van der Waals surface area contributed by atoms with Crippen LogP contribution in [0, 0.1) is 27.7 Å². The van der Waals surface area contributed by atoms with Crippen molar-refractivity contribution < 1.29 is 4.79 Å². The number of aromatic nitrogens is 3. The lowest BCUT2D eigenvalue weighted by atomic mass is 10.0. The lowest BCUT2D eigenvalue weighted by molar-refractivity contribution is -0.119. The second-order valence-corrected chi connectivity index (χ2v) is 10.9. The third kappa shape index (κ3) is 5.45. The fourth-order valence-corrected chi connectivity index (χ4v) is 5.45. The molecule has 1 amide bonds. The molecule has 0 spiro atoms. The summed E-state index contributed by atoms with van der Waals surface area (Å²) in [5, 5.41) is 7.31. The number of carbonyl (C=O) groups excluding carboxylic acids is 1. The summed E-state index contributed by atoms with van der Waals surface area (Å²) >= 11 is 1.62. The maximum Gasteiger partial charge on any atom is 0.247 e. The Morgan fingerprint density at radius 2 is 1.84 bits per heavy atom. The van der Waals surface area contributed by atoms with Crippen molar-refractivity contribution in [3.05, 3.63) is 76.5 Å². The largest absolute Gasteiger partial charge is 0.375 e. The molecular weight excluding hydrogens is 492 g/mol. The quantitative estimate of drug-likeness (QED) is 0.248. The highest BCUT2D eigenvalue weighted by Gasteiger charge is 2.25. The second kappa shape index (κ2) is 11.0. The van der Waals surface area contributed by atoms with Gasteiger partial charge in [-0.05, 0) is 86.2 Å². The van der Waals surface area contributed by atoms with Crippen LogP contribution in [0.2, 0.25) is 0 Å². The predicted octanol–water partition coefficient (Wildman–Crippen LogP) is 6.36. The highest BCUT2D eigenvalue weighted by molar-refractivity contribution is 7.98. The molecule has 2 aromatic carbocycles. The molecule has 7 nitrogen and oxygen atoms in total. The molecule has 38 heavy (non-hydrogen) atoms. The van der Waals surface area contributed by atoms with Crippen LogP contribution in [-0.2, 0) is 10.5 Å².